The normalized spacial score (nSPS) is 27.9. The lowest BCUT2D eigenvalue weighted by Gasteiger charge is -2.52. The predicted octanol–water partition coefficient (Wildman–Crippen LogP) is 4.46. The van der Waals surface area contributed by atoms with Crippen LogP contribution in [0, 0.1) is 17.8 Å². The van der Waals surface area contributed by atoms with Crippen molar-refractivity contribution in [3.63, 3.8) is 0 Å². The molecule has 1 amide bonds. The van der Waals surface area contributed by atoms with Crippen molar-refractivity contribution in [2.24, 2.45) is 5.92 Å². The van der Waals surface area contributed by atoms with Crippen molar-refractivity contribution in [3.05, 3.63) is 29.3 Å². The summed E-state index contributed by atoms with van der Waals surface area (Å²) in [6.07, 6.45) is 7.49. The minimum atomic E-state index is -0.852. The van der Waals surface area contributed by atoms with Gasteiger partial charge in [0.2, 0.25) is 0 Å². The summed E-state index contributed by atoms with van der Waals surface area (Å²) in [6.45, 7) is 8.75. The van der Waals surface area contributed by atoms with E-state index in [1.54, 1.807) is 0 Å². The summed E-state index contributed by atoms with van der Waals surface area (Å²) in [6, 6.07) is 6.19. The fourth-order valence-corrected chi connectivity index (χ4v) is 6.31. The highest BCUT2D eigenvalue weighted by molar-refractivity contribution is 5.85. The minimum Gasteiger partial charge on any atom is -0.410 e. The summed E-state index contributed by atoms with van der Waals surface area (Å²) in [7, 11) is 0. The molecule has 0 unspecified atom stereocenters. The number of halogens is 1. The van der Waals surface area contributed by atoms with Gasteiger partial charge in [0, 0.05) is 26.2 Å². The van der Waals surface area contributed by atoms with Crippen molar-refractivity contribution < 1.29 is 19.4 Å². The Bertz CT molecular complexity index is 923. The summed E-state index contributed by atoms with van der Waals surface area (Å²) < 4.78 is 11.0. The number of hydrogen-bond donors (Lipinski definition) is 2. The molecule has 1 aromatic rings. The molecule has 194 valence electrons. The molecule has 6 nitrogen and oxygen atoms in total. The molecule has 1 saturated heterocycles. The third kappa shape index (κ3) is 6.51. The van der Waals surface area contributed by atoms with Crippen LogP contribution in [0.2, 0.25) is 0 Å². The number of unbranched alkanes of at least 4 members (excludes halogenated alkanes) is 1. The Morgan fingerprint density at radius 3 is 2.86 bits per heavy atom. The molecule has 4 rings (SSSR count). The van der Waals surface area contributed by atoms with E-state index < -0.39 is 11.7 Å². The monoisotopic (exact) mass is 504 g/mol. The quantitative estimate of drug-likeness (QED) is 0.536. The standard InChI is InChI=1S/C28H40N2O4.ClH/c1-3-5-11-28-13-12-27(32,10-4-2)21-23(28)7-6-22-20-24(8-9-25(22)28)34-26(31)29-14-15-30-16-18-33-19-17-30;/h8-9,20,23,32H,3,5-7,11-19,21H2,1-2H3,(H,29,31);1H/t23-,27+,28-;/m0./s1. The van der Waals surface area contributed by atoms with Crippen molar-refractivity contribution in [3.8, 4) is 17.6 Å². The first-order chi connectivity index (χ1) is 16.5. The van der Waals surface area contributed by atoms with Crippen molar-refractivity contribution >= 4 is 18.5 Å². The van der Waals surface area contributed by atoms with Gasteiger partial charge in [0.05, 0.1) is 13.2 Å². The predicted molar refractivity (Wildman–Crippen MR) is 140 cm³/mol. The second kappa shape index (κ2) is 12.5. The van der Waals surface area contributed by atoms with Gasteiger partial charge in [-0.3, -0.25) is 4.90 Å². The van der Waals surface area contributed by atoms with Crippen molar-refractivity contribution in [1.29, 1.82) is 0 Å². The van der Waals surface area contributed by atoms with Gasteiger partial charge in [0.15, 0.2) is 0 Å². The topological polar surface area (TPSA) is 71.0 Å². The zero-order chi connectivity index (χ0) is 24.0. The van der Waals surface area contributed by atoms with Crippen LogP contribution in [0.1, 0.15) is 69.9 Å². The van der Waals surface area contributed by atoms with Crippen LogP contribution >= 0.6 is 12.4 Å². The largest absolute Gasteiger partial charge is 0.412 e. The number of carbonyl (C=O) groups excluding carboxylic acids is 1. The highest BCUT2D eigenvalue weighted by Crippen LogP contribution is 2.55. The summed E-state index contributed by atoms with van der Waals surface area (Å²) >= 11 is 0. The molecule has 3 aliphatic rings. The first-order valence-corrected chi connectivity index (χ1v) is 13.0. The van der Waals surface area contributed by atoms with Gasteiger partial charge in [0.1, 0.15) is 11.4 Å². The van der Waals surface area contributed by atoms with Crippen LogP contribution in [-0.4, -0.2) is 61.1 Å². The number of hydrogen-bond acceptors (Lipinski definition) is 5. The lowest BCUT2D eigenvalue weighted by atomic mass is 9.53. The second-order valence-electron chi connectivity index (χ2n) is 10.2. The number of ether oxygens (including phenoxy) is 2. The number of rotatable bonds is 7. The molecule has 0 bridgehead atoms. The number of amides is 1. The zero-order valence-electron chi connectivity index (χ0n) is 21.2. The minimum absolute atomic E-state index is 0. The van der Waals surface area contributed by atoms with Crippen molar-refractivity contribution in [2.75, 3.05) is 39.4 Å². The number of fused-ring (bicyclic) bond motifs is 3. The Morgan fingerprint density at radius 1 is 1.31 bits per heavy atom. The number of morpholine rings is 1. The third-order valence-corrected chi connectivity index (χ3v) is 8.07. The molecule has 0 spiro atoms. The van der Waals surface area contributed by atoms with Crippen LogP contribution in [0.4, 0.5) is 4.79 Å². The molecule has 1 heterocycles. The average molecular weight is 505 g/mol. The van der Waals surface area contributed by atoms with Gasteiger partial charge in [0.25, 0.3) is 0 Å². The molecular weight excluding hydrogens is 464 g/mol. The van der Waals surface area contributed by atoms with Gasteiger partial charge in [-0.25, -0.2) is 4.79 Å². The van der Waals surface area contributed by atoms with Crippen LogP contribution in [0.25, 0.3) is 0 Å². The summed E-state index contributed by atoms with van der Waals surface area (Å²) in [4.78, 5) is 14.7. The Labute approximate surface area is 216 Å². The molecule has 35 heavy (non-hydrogen) atoms. The van der Waals surface area contributed by atoms with Crippen molar-refractivity contribution in [2.45, 2.75) is 76.2 Å². The Balaban J connectivity index is 0.00000342. The second-order valence-corrected chi connectivity index (χ2v) is 10.2. The Kier molecular flexibility index (Phi) is 9.89. The molecule has 2 fully saturated rings. The number of aryl methyl sites for hydroxylation is 1. The SMILES string of the molecule is CC#C[C@@]1(O)CC[C@]2(CCCC)c3ccc(OC(=O)NCCN4CCOCC4)cc3CC[C@H]2C1.Cl. The van der Waals surface area contributed by atoms with E-state index in [9.17, 15) is 9.90 Å². The fourth-order valence-electron chi connectivity index (χ4n) is 6.31. The van der Waals surface area contributed by atoms with Crippen LogP contribution in [0.5, 0.6) is 5.75 Å². The summed E-state index contributed by atoms with van der Waals surface area (Å²) in [5.41, 5.74) is 1.92. The molecule has 1 aliphatic heterocycles. The average Bonchev–Trinajstić information content (AvgIpc) is 2.83. The van der Waals surface area contributed by atoms with Crippen LogP contribution in [-0.2, 0) is 16.6 Å². The summed E-state index contributed by atoms with van der Waals surface area (Å²) in [5, 5.41) is 13.9. The van der Waals surface area contributed by atoms with E-state index in [0.717, 1.165) is 77.8 Å². The van der Waals surface area contributed by atoms with E-state index in [2.05, 4.69) is 41.1 Å². The molecule has 1 saturated carbocycles. The van der Waals surface area contributed by atoms with Gasteiger partial charge in [-0.1, -0.05) is 31.8 Å². The lowest BCUT2D eigenvalue weighted by Crippen LogP contribution is -2.49. The van der Waals surface area contributed by atoms with Gasteiger partial charge in [-0.2, -0.15) is 0 Å². The maximum atomic E-state index is 12.4. The molecule has 2 N–H and O–H groups in total. The van der Waals surface area contributed by atoms with Gasteiger partial charge >= 0.3 is 6.09 Å². The number of aliphatic hydroxyl groups is 1. The first-order valence-electron chi connectivity index (χ1n) is 13.0. The van der Waals surface area contributed by atoms with E-state index in [1.807, 2.05) is 13.0 Å². The third-order valence-electron chi connectivity index (χ3n) is 8.07. The molecular formula is C28H41ClN2O4. The fraction of sp³-hybridized carbons (Fsp3) is 0.679. The molecule has 2 aliphatic carbocycles. The first kappa shape index (κ1) is 27.8. The van der Waals surface area contributed by atoms with Gasteiger partial charge < -0.3 is 19.9 Å². The maximum Gasteiger partial charge on any atom is 0.412 e. The van der Waals surface area contributed by atoms with Crippen LogP contribution < -0.4 is 10.1 Å². The Hall–Kier alpha value is -1.78. The molecule has 3 atom stereocenters. The Morgan fingerprint density at radius 2 is 2.11 bits per heavy atom. The van der Waals surface area contributed by atoms with E-state index in [4.69, 9.17) is 9.47 Å². The highest BCUT2D eigenvalue weighted by Gasteiger charge is 2.50. The van der Waals surface area contributed by atoms with E-state index in [-0.39, 0.29) is 17.8 Å². The van der Waals surface area contributed by atoms with E-state index in [0.29, 0.717) is 18.2 Å². The summed E-state index contributed by atoms with van der Waals surface area (Å²) in [5.74, 6) is 7.07. The number of benzene rings is 1. The molecule has 7 heteroatoms. The number of nitrogens with one attached hydrogen (secondary N) is 1. The zero-order valence-corrected chi connectivity index (χ0v) is 22.1. The molecule has 0 radical (unpaired) electrons. The van der Waals surface area contributed by atoms with Gasteiger partial charge in [-0.05, 0) is 80.0 Å². The lowest BCUT2D eigenvalue weighted by molar-refractivity contribution is -0.0113. The van der Waals surface area contributed by atoms with Crippen LogP contribution in [0.15, 0.2) is 18.2 Å². The van der Waals surface area contributed by atoms with Crippen LogP contribution in [0.3, 0.4) is 0 Å². The molecule has 1 aromatic carbocycles. The maximum absolute atomic E-state index is 12.4. The van der Waals surface area contributed by atoms with E-state index in [1.165, 1.54) is 17.5 Å². The highest BCUT2D eigenvalue weighted by atomic mass is 35.5. The van der Waals surface area contributed by atoms with E-state index >= 15 is 0 Å². The number of nitrogens with zero attached hydrogens (tertiary/aromatic N) is 1. The van der Waals surface area contributed by atoms with Gasteiger partial charge in [-0.15, -0.1) is 18.3 Å². The van der Waals surface area contributed by atoms with Crippen molar-refractivity contribution in [1.82, 2.24) is 10.2 Å². The smallest absolute Gasteiger partial charge is 0.410 e. The number of carbonyl (C=O) groups is 1. The molecule has 0 aromatic heterocycles.